The first-order valence-corrected chi connectivity index (χ1v) is 9.27. The molecule has 1 heterocycles. The molecule has 128 valence electrons. The van der Waals surface area contributed by atoms with Crippen molar-refractivity contribution < 1.29 is 4.79 Å². The minimum absolute atomic E-state index is 0.0631. The number of nitrogens with zero attached hydrogens (tertiary/aromatic N) is 1. The second-order valence-corrected chi connectivity index (χ2v) is 6.57. The molecule has 3 rings (SSSR count). The summed E-state index contributed by atoms with van der Waals surface area (Å²) in [6.45, 7) is 2.24. The molecule has 2 heteroatoms. The van der Waals surface area contributed by atoms with E-state index in [1.165, 1.54) is 37.7 Å². The molecule has 3 aromatic rings. The van der Waals surface area contributed by atoms with Crippen molar-refractivity contribution in [3.05, 3.63) is 77.5 Å². The molecular formula is C23H25NO. The monoisotopic (exact) mass is 331 g/mol. The van der Waals surface area contributed by atoms with Crippen molar-refractivity contribution in [1.82, 2.24) is 4.98 Å². The van der Waals surface area contributed by atoms with Crippen LogP contribution in [0.1, 0.15) is 60.5 Å². The number of rotatable bonds is 8. The largest absolute Gasteiger partial charge is 0.289 e. The fourth-order valence-electron chi connectivity index (χ4n) is 3.20. The van der Waals surface area contributed by atoms with Gasteiger partial charge in [-0.05, 0) is 30.5 Å². The van der Waals surface area contributed by atoms with Gasteiger partial charge in [-0.3, -0.25) is 9.78 Å². The first-order valence-electron chi connectivity index (χ1n) is 9.27. The Hall–Kier alpha value is -2.48. The Bertz CT molecular complexity index is 831. The average Bonchev–Trinajstić information content (AvgIpc) is 2.67. The lowest BCUT2D eigenvalue weighted by atomic mass is 9.98. The molecule has 0 spiro atoms. The second-order valence-electron chi connectivity index (χ2n) is 6.57. The van der Waals surface area contributed by atoms with Gasteiger partial charge in [0.2, 0.25) is 0 Å². The van der Waals surface area contributed by atoms with Gasteiger partial charge in [0.25, 0.3) is 0 Å². The fraction of sp³-hybridized carbons (Fsp3) is 0.304. The van der Waals surface area contributed by atoms with Crippen LogP contribution in [0.25, 0.3) is 10.9 Å². The van der Waals surface area contributed by atoms with E-state index < -0.39 is 0 Å². The van der Waals surface area contributed by atoms with E-state index in [1.807, 2.05) is 42.5 Å². The van der Waals surface area contributed by atoms with E-state index >= 15 is 0 Å². The van der Waals surface area contributed by atoms with E-state index in [2.05, 4.69) is 24.0 Å². The Labute approximate surface area is 149 Å². The number of aryl methyl sites for hydroxylation is 1. The summed E-state index contributed by atoms with van der Waals surface area (Å²) in [7, 11) is 0. The SMILES string of the molecule is CCCCCCCc1ccc(C(=O)c2ccnc3ccccc23)cc1. The summed E-state index contributed by atoms with van der Waals surface area (Å²) in [6.07, 6.45) is 9.24. The molecule has 0 aliphatic rings. The Balaban J connectivity index is 1.70. The molecule has 2 nitrogen and oxygen atoms in total. The van der Waals surface area contributed by atoms with Gasteiger partial charge in [0.15, 0.2) is 5.78 Å². The maximum absolute atomic E-state index is 12.9. The number of carbonyl (C=O) groups is 1. The van der Waals surface area contributed by atoms with Gasteiger partial charge in [-0.25, -0.2) is 0 Å². The van der Waals surface area contributed by atoms with E-state index in [0.717, 1.165) is 28.5 Å². The number of aromatic nitrogens is 1. The van der Waals surface area contributed by atoms with Crippen molar-refractivity contribution in [1.29, 1.82) is 0 Å². The average molecular weight is 331 g/mol. The third-order valence-electron chi connectivity index (χ3n) is 4.68. The molecule has 2 aromatic carbocycles. The summed E-state index contributed by atoms with van der Waals surface area (Å²) < 4.78 is 0. The maximum Gasteiger partial charge on any atom is 0.193 e. The Morgan fingerprint density at radius 3 is 2.44 bits per heavy atom. The van der Waals surface area contributed by atoms with Gasteiger partial charge in [0.05, 0.1) is 5.52 Å². The molecule has 0 saturated carbocycles. The second kappa shape index (κ2) is 8.57. The minimum Gasteiger partial charge on any atom is -0.289 e. The predicted octanol–water partition coefficient (Wildman–Crippen LogP) is 5.98. The van der Waals surface area contributed by atoms with Crippen molar-refractivity contribution in [3.8, 4) is 0 Å². The number of pyridine rings is 1. The number of hydrogen-bond donors (Lipinski definition) is 0. The van der Waals surface area contributed by atoms with Crippen LogP contribution in [0.2, 0.25) is 0 Å². The molecule has 0 aliphatic heterocycles. The highest BCUT2D eigenvalue weighted by atomic mass is 16.1. The van der Waals surface area contributed by atoms with Crippen molar-refractivity contribution in [2.75, 3.05) is 0 Å². The molecule has 0 bridgehead atoms. The number of hydrogen-bond acceptors (Lipinski definition) is 2. The number of fused-ring (bicyclic) bond motifs is 1. The molecule has 0 saturated heterocycles. The van der Waals surface area contributed by atoms with Crippen LogP contribution in [0, 0.1) is 0 Å². The Kier molecular flexibility index (Phi) is 5.95. The normalized spacial score (nSPS) is 10.9. The Morgan fingerprint density at radius 1 is 0.880 bits per heavy atom. The highest BCUT2D eigenvalue weighted by Crippen LogP contribution is 2.20. The van der Waals surface area contributed by atoms with Crippen LogP contribution in [-0.4, -0.2) is 10.8 Å². The quantitative estimate of drug-likeness (QED) is 0.375. The van der Waals surface area contributed by atoms with Crippen LogP contribution in [-0.2, 0) is 6.42 Å². The van der Waals surface area contributed by atoms with E-state index in [-0.39, 0.29) is 5.78 Å². The molecule has 0 fully saturated rings. The molecule has 0 N–H and O–H groups in total. The number of benzene rings is 2. The van der Waals surface area contributed by atoms with Gasteiger partial charge in [-0.1, -0.05) is 75.1 Å². The Morgan fingerprint density at radius 2 is 1.64 bits per heavy atom. The number of unbranched alkanes of at least 4 members (excludes halogenated alkanes) is 4. The molecule has 1 aromatic heterocycles. The lowest BCUT2D eigenvalue weighted by molar-refractivity contribution is 0.104. The van der Waals surface area contributed by atoms with Crippen molar-refractivity contribution >= 4 is 16.7 Å². The maximum atomic E-state index is 12.9. The molecular weight excluding hydrogens is 306 g/mol. The van der Waals surface area contributed by atoms with Gasteiger partial charge >= 0.3 is 0 Å². The first-order chi connectivity index (χ1) is 12.3. The molecule has 0 amide bonds. The molecule has 25 heavy (non-hydrogen) atoms. The van der Waals surface area contributed by atoms with Crippen LogP contribution in [0.4, 0.5) is 0 Å². The highest BCUT2D eigenvalue weighted by Gasteiger charge is 2.12. The molecule has 0 unspecified atom stereocenters. The summed E-state index contributed by atoms with van der Waals surface area (Å²) in [4.78, 5) is 17.2. The van der Waals surface area contributed by atoms with Gasteiger partial charge in [0, 0.05) is 22.7 Å². The topological polar surface area (TPSA) is 30.0 Å². The van der Waals surface area contributed by atoms with E-state index in [9.17, 15) is 4.79 Å². The van der Waals surface area contributed by atoms with E-state index in [1.54, 1.807) is 6.20 Å². The van der Waals surface area contributed by atoms with Gasteiger partial charge in [0.1, 0.15) is 0 Å². The zero-order valence-electron chi connectivity index (χ0n) is 14.9. The molecule has 0 atom stereocenters. The summed E-state index contributed by atoms with van der Waals surface area (Å²) >= 11 is 0. The van der Waals surface area contributed by atoms with E-state index in [0.29, 0.717) is 0 Å². The smallest absolute Gasteiger partial charge is 0.193 e. The zero-order valence-corrected chi connectivity index (χ0v) is 14.9. The van der Waals surface area contributed by atoms with Crippen molar-refractivity contribution in [2.24, 2.45) is 0 Å². The summed E-state index contributed by atoms with van der Waals surface area (Å²) in [5, 5.41) is 0.912. The summed E-state index contributed by atoms with van der Waals surface area (Å²) in [5.41, 5.74) is 3.63. The van der Waals surface area contributed by atoms with Crippen LogP contribution in [0.3, 0.4) is 0 Å². The van der Waals surface area contributed by atoms with Gasteiger partial charge in [-0.2, -0.15) is 0 Å². The highest BCUT2D eigenvalue weighted by molar-refractivity contribution is 6.15. The van der Waals surface area contributed by atoms with Crippen LogP contribution >= 0.6 is 0 Å². The minimum atomic E-state index is 0.0631. The van der Waals surface area contributed by atoms with Crippen LogP contribution in [0.15, 0.2) is 60.8 Å². The lowest BCUT2D eigenvalue weighted by Gasteiger charge is -2.07. The fourth-order valence-corrected chi connectivity index (χ4v) is 3.20. The molecule has 0 aliphatic carbocycles. The van der Waals surface area contributed by atoms with Crippen LogP contribution < -0.4 is 0 Å². The van der Waals surface area contributed by atoms with E-state index in [4.69, 9.17) is 0 Å². The number of para-hydroxylation sites is 1. The third-order valence-corrected chi connectivity index (χ3v) is 4.68. The number of carbonyl (C=O) groups excluding carboxylic acids is 1. The van der Waals surface area contributed by atoms with Crippen molar-refractivity contribution in [2.45, 2.75) is 45.4 Å². The lowest BCUT2D eigenvalue weighted by Crippen LogP contribution is -2.03. The van der Waals surface area contributed by atoms with Gasteiger partial charge in [-0.15, -0.1) is 0 Å². The summed E-state index contributed by atoms with van der Waals surface area (Å²) in [5.74, 6) is 0.0631. The van der Waals surface area contributed by atoms with Gasteiger partial charge < -0.3 is 0 Å². The summed E-state index contributed by atoms with van der Waals surface area (Å²) in [6, 6.07) is 17.7. The first kappa shape index (κ1) is 17.3. The van der Waals surface area contributed by atoms with Crippen molar-refractivity contribution in [3.63, 3.8) is 0 Å². The van der Waals surface area contributed by atoms with Crippen LogP contribution in [0.5, 0.6) is 0 Å². The number of ketones is 1. The zero-order chi connectivity index (χ0) is 17.5. The third kappa shape index (κ3) is 4.33. The molecule has 0 radical (unpaired) electrons. The predicted molar refractivity (Wildman–Crippen MR) is 104 cm³/mol. The standard InChI is InChI=1S/C23H25NO/c1-2-3-4-5-6-9-18-12-14-19(15-13-18)23(25)21-16-17-24-22-11-8-7-10-20(21)22/h7-8,10-17H,2-6,9H2,1H3.